The Bertz CT molecular complexity index is 1300. The highest BCUT2D eigenvalue weighted by Gasteiger charge is 2.34. The third-order valence-corrected chi connectivity index (χ3v) is 9.23. The molecule has 2 heterocycles. The number of likely N-dealkylation sites (tertiary alicyclic amines) is 1. The van der Waals surface area contributed by atoms with Crippen LogP contribution in [0.4, 0.5) is 8.78 Å². The molecule has 0 radical (unpaired) electrons. The molecule has 1 amide bonds. The lowest BCUT2D eigenvalue weighted by atomic mass is 9.99. The number of benzene rings is 2. The Kier molecular flexibility index (Phi) is 7.46. The maximum Gasteiger partial charge on any atom is 0.304 e. The van der Waals surface area contributed by atoms with Gasteiger partial charge in [0.2, 0.25) is 0 Å². The van der Waals surface area contributed by atoms with Gasteiger partial charge >= 0.3 is 10.2 Å². The second-order valence-electron chi connectivity index (χ2n) is 10.2. The number of carbonyl (C=O) groups is 1. The zero-order valence-electron chi connectivity index (χ0n) is 20.6. The van der Waals surface area contributed by atoms with Gasteiger partial charge in [0.05, 0.1) is 5.56 Å². The van der Waals surface area contributed by atoms with E-state index >= 15 is 4.39 Å². The second kappa shape index (κ2) is 10.5. The summed E-state index contributed by atoms with van der Waals surface area (Å²) in [5.41, 5.74) is 1.24. The molecule has 2 saturated heterocycles. The molecular formula is C26H30ClF2N3O4S. The minimum atomic E-state index is -3.98. The van der Waals surface area contributed by atoms with Crippen LogP contribution < -0.4 is 9.46 Å². The number of rotatable bonds is 8. The molecule has 7 nitrogen and oxygen atoms in total. The van der Waals surface area contributed by atoms with Gasteiger partial charge in [0.25, 0.3) is 5.91 Å². The molecule has 3 aliphatic rings. The molecule has 2 atom stereocenters. The van der Waals surface area contributed by atoms with E-state index in [1.54, 1.807) is 6.07 Å². The van der Waals surface area contributed by atoms with Crippen molar-refractivity contribution in [1.82, 2.24) is 13.9 Å². The lowest BCUT2D eigenvalue weighted by molar-refractivity contribution is 0.0502. The summed E-state index contributed by atoms with van der Waals surface area (Å²) in [6.07, 6.45) is 3.95. The van der Waals surface area contributed by atoms with Crippen molar-refractivity contribution in [3.05, 3.63) is 63.7 Å². The summed E-state index contributed by atoms with van der Waals surface area (Å²) in [5.74, 6) is -1.65. The lowest BCUT2D eigenvalue weighted by Gasteiger charge is -2.38. The minimum Gasteiger partial charge on any atom is -0.489 e. The minimum absolute atomic E-state index is 0.144. The summed E-state index contributed by atoms with van der Waals surface area (Å²) in [4.78, 5) is 14.9. The molecule has 200 valence electrons. The number of amides is 1. The summed E-state index contributed by atoms with van der Waals surface area (Å²) in [6, 6.07) is 7.28. The van der Waals surface area contributed by atoms with Gasteiger partial charge in [0.15, 0.2) is 0 Å². The fraction of sp³-hybridized carbons (Fsp3) is 0.500. The summed E-state index contributed by atoms with van der Waals surface area (Å²) in [5, 5.41) is 0.373. The van der Waals surface area contributed by atoms with Crippen LogP contribution in [0.15, 0.2) is 30.3 Å². The van der Waals surface area contributed by atoms with Gasteiger partial charge in [-0.2, -0.15) is 12.7 Å². The molecule has 1 aliphatic carbocycles. The highest BCUT2D eigenvalue weighted by Crippen LogP contribution is 2.45. The van der Waals surface area contributed by atoms with E-state index in [0.717, 1.165) is 47.5 Å². The lowest BCUT2D eigenvalue weighted by Crippen LogP contribution is -2.49. The third-order valence-electron chi connectivity index (χ3n) is 7.39. The molecule has 3 fully saturated rings. The van der Waals surface area contributed by atoms with E-state index in [0.29, 0.717) is 37.0 Å². The molecule has 5 rings (SSSR count). The van der Waals surface area contributed by atoms with Crippen molar-refractivity contribution in [1.29, 1.82) is 0 Å². The van der Waals surface area contributed by atoms with Gasteiger partial charge in [0, 0.05) is 43.3 Å². The number of nitrogens with one attached hydrogen (secondary N) is 1. The van der Waals surface area contributed by atoms with Gasteiger partial charge in [-0.25, -0.2) is 13.5 Å². The van der Waals surface area contributed by atoms with Crippen LogP contribution in [-0.4, -0.2) is 55.3 Å². The van der Waals surface area contributed by atoms with Gasteiger partial charge in [-0.05, 0) is 74.3 Å². The molecule has 0 spiro atoms. The van der Waals surface area contributed by atoms with Crippen LogP contribution >= 0.6 is 11.6 Å². The van der Waals surface area contributed by atoms with Crippen LogP contribution in [-0.2, 0) is 16.8 Å². The van der Waals surface area contributed by atoms with Gasteiger partial charge in [-0.15, -0.1) is 0 Å². The first-order valence-electron chi connectivity index (χ1n) is 12.6. The Balaban J connectivity index is 1.31. The maximum absolute atomic E-state index is 15.1. The summed E-state index contributed by atoms with van der Waals surface area (Å²) in [6.45, 7) is 3.92. The molecule has 1 saturated carbocycles. The zero-order valence-corrected chi connectivity index (χ0v) is 22.1. The number of carbonyl (C=O) groups excluding carboxylic acids is 1. The maximum atomic E-state index is 15.1. The van der Waals surface area contributed by atoms with Crippen molar-refractivity contribution in [2.75, 3.05) is 19.6 Å². The molecule has 0 aromatic heterocycles. The topological polar surface area (TPSA) is 78.9 Å². The first-order chi connectivity index (χ1) is 17.6. The van der Waals surface area contributed by atoms with E-state index in [1.165, 1.54) is 24.3 Å². The highest BCUT2D eigenvalue weighted by molar-refractivity contribution is 7.87. The molecule has 2 aliphatic heterocycles. The van der Waals surface area contributed by atoms with Crippen molar-refractivity contribution in [2.45, 2.75) is 63.6 Å². The summed E-state index contributed by atoms with van der Waals surface area (Å²) < 4.78 is 62.6. The quantitative estimate of drug-likeness (QED) is 0.516. The van der Waals surface area contributed by atoms with Gasteiger partial charge < -0.3 is 4.74 Å². The summed E-state index contributed by atoms with van der Waals surface area (Å²) in [7, 11) is -3.98. The molecule has 11 heteroatoms. The van der Waals surface area contributed by atoms with E-state index in [-0.39, 0.29) is 29.4 Å². The first kappa shape index (κ1) is 26.3. The Morgan fingerprint density at radius 3 is 2.54 bits per heavy atom. The fourth-order valence-corrected chi connectivity index (χ4v) is 6.27. The van der Waals surface area contributed by atoms with Crippen LogP contribution in [0.2, 0.25) is 5.02 Å². The monoisotopic (exact) mass is 553 g/mol. The van der Waals surface area contributed by atoms with Gasteiger partial charge in [-0.3, -0.25) is 9.69 Å². The van der Waals surface area contributed by atoms with Crippen molar-refractivity contribution in [3.63, 3.8) is 0 Å². The van der Waals surface area contributed by atoms with E-state index in [4.69, 9.17) is 16.3 Å². The SMILES string of the molecule is C[C@@H]1CC[C@@H](Oc2cc(F)c(C(=O)NS(=O)(=O)N3CCC3)cc2C2CC2)CN1Cc1ccc(F)cc1Cl. The smallest absolute Gasteiger partial charge is 0.304 e. The van der Waals surface area contributed by atoms with Crippen LogP contribution in [0.25, 0.3) is 0 Å². The van der Waals surface area contributed by atoms with Crippen LogP contribution in [0, 0.1) is 11.6 Å². The number of ether oxygens (including phenoxy) is 1. The number of hydrogen-bond acceptors (Lipinski definition) is 5. The molecule has 2 aromatic carbocycles. The standard InChI is InChI=1S/C26H30ClF2N3O4S/c1-16-3-8-20(15-31(16)14-18-6-7-19(28)11-23(18)27)36-25-13-24(29)22(12-21(25)17-4-5-17)26(33)30-37(34,35)32-9-2-10-32/h6-7,11-13,16-17,20H,2-5,8-10,14-15H2,1H3,(H,30,33)/t16-,20-/m1/s1. The van der Waals surface area contributed by atoms with Crippen LogP contribution in [0.1, 0.15) is 66.4 Å². The Morgan fingerprint density at radius 1 is 1.14 bits per heavy atom. The van der Waals surface area contributed by atoms with Crippen molar-refractivity contribution < 1.29 is 26.7 Å². The number of hydrogen-bond donors (Lipinski definition) is 1. The third kappa shape index (κ3) is 5.92. The Morgan fingerprint density at radius 2 is 1.89 bits per heavy atom. The van der Waals surface area contributed by atoms with Crippen molar-refractivity contribution >= 4 is 27.7 Å². The zero-order chi connectivity index (χ0) is 26.3. The Hall–Kier alpha value is -2.27. The average Bonchev–Trinajstić information content (AvgIpc) is 3.61. The molecule has 1 N–H and O–H groups in total. The van der Waals surface area contributed by atoms with Crippen LogP contribution in [0.3, 0.4) is 0 Å². The fourth-order valence-electron chi connectivity index (χ4n) is 4.83. The Labute approximate surface area is 220 Å². The van der Waals surface area contributed by atoms with E-state index in [9.17, 15) is 17.6 Å². The van der Waals surface area contributed by atoms with Crippen molar-refractivity contribution in [2.24, 2.45) is 0 Å². The van der Waals surface area contributed by atoms with Gasteiger partial charge in [0.1, 0.15) is 23.5 Å². The predicted octanol–water partition coefficient (Wildman–Crippen LogP) is 4.61. The first-order valence-corrected chi connectivity index (χ1v) is 14.4. The molecular weight excluding hydrogens is 524 g/mol. The van der Waals surface area contributed by atoms with Gasteiger partial charge in [-0.1, -0.05) is 17.7 Å². The molecule has 2 aromatic rings. The largest absolute Gasteiger partial charge is 0.489 e. The average molecular weight is 554 g/mol. The second-order valence-corrected chi connectivity index (χ2v) is 12.2. The number of halogens is 3. The van der Waals surface area contributed by atoms with E-state index in [2.05, 4.69) is 11.8 Å². The van der Waals surface area contributed by atoms with E-state index in [1.807, 2.05) is 4.72 Å². The number of piperidine rings is 1. The predicted molar refractivity (Wildman–Crippen MR) is 136 cm³/mol. The molecule has 0 unspecified atom stereocenters. The molecule has 37 heavy (non-hydrogen) atoms. The summed E-state index contributed by atoms with van der Waals surface area (Å²) >= 11 is 6.24. The van der Waals surface area contributed by atoms with Crippen molar-refractivity contribution in [3.8, 4) is 5.75 Å². The van der Waals surface area contributed by atoms with Crippen LogP contribution in [0.5, 0.6) is 5.75 Å². The molecule has 0 bridgehead atoms. The normalized spacial score (nSPS) is 22.9. The highest BCUT2D eigenvalue weighted by atomic mass is 35.5. The number of nitrogens with zero attached hydrogens (tertiary/aromatic N) is 2. The van der Waals surface area contributed by atoms with E-state index < -0.39 is 21.9 Å².